The summed E-state index contributed by atoms with van der Waals surface area (Å²) in [6.45, 7) is 4.15. The van der Waals surface area contributed by atoms with Crippen LogP contribution in [0.3, 0.4) is 0 Å². The van der Waals surface area contributed by atoms with Gasteiger partial charge in [0.05, 0.1) is 6.61 Å². The van der Waals surface area contributed by atoms with E-state index in [1.807, 2.05) is 44.2 Å². The third-order valence-electron chi connectivity index (χ3n) is 2.25. The standard InChI is InChI=1S/C12H18N2O2/c1-10(2)14(8-9-15)12(16)13-11-6-4-3-5-7-11/h3-7,10,15H,8-9H2,1-2H3,(H,13,16). The molecule has 4 heteroatoms. The highest BCUT2D eigenvalue weighted by Crippen LogP contribution is 2.08. The number of nitrogens with zero attached hydrogens (tertiary/aromatic N) is 1. The van der Waals surface area contributed by atoms with Gasteiger partial charge in [-0.05, 0) is 26.0 Å². The van der Waals surface area contributed by atoms with Crippen LogP contribution in [0.1, 0.15) is 13.8 Å². The van der Waals surface area contributed by atoms with Gasteiger partial charge >= 0.3 is 6.03 Å². The van der Waals surface area contributed by atoms with Crippen LogP contribution >= 0.6 is 0 Å². The molecule has 0 saturated heterocycles. The predicted molar refractivity (Wildman–Crippen MR) is 64.4 cm³/mol. The first-order valence-electron chi connectivity index (χ1n) is 5.38. The lowest BCUT2D eigenvalue weighted by Crippen LogP contribution is -2.41. The lowest BCUT2D eigenvalue weighted by molar-refractivity contribution is 0.172. The number of carbonyl (C=O) groups is 1. The van der Waals surface area contributed by atoms with Crippen LogP contribution in [0.5, 0.6) is 0 Å². The molecule has 88 valence electrons. The van der Waals surface area contributed by atoms with E-state index in [9.17, 15) is 4.79 Å². The number of rotatable bonds is 4. The van der Waals surface area contributed by atoms with E-state index in [0.29, 0.717) is 6.54 Å². The van der Waals surface area contributed by atoms with Crippen LogP contribution in [-0.2, 0) is 0 Å². The fourth-order valence-corrected chi connectivity index (χ4v) is 1.42. The summed E-state index contributed by atoms with van der Waals surface area (Å²) in [5, 5.41) is 11.7. The summed E-state index contributed by atoms with van der Waals surface area (Å²) in [4.78, 5) is 13.4. The summed E-state index contributed by atoms with van der Waals surface area (Å²) in [6.07, 6.45) is 0. The number of aliphatic hydroxyl groups excluding tert-OH is 1. The second kappa shape index (κ2) is 6.12. The van der Waals surface area contributed by atoms with Crippen molar-refractivity contribution in [3.05, 3.63) is 30.3 Å². The normalized spacial score (nSPS) is 10.2. The summed E-state index contributed by atoms with van der Waals surface area (Å²) >= 11 is 0. The van der Waals surface area contributed by atoms with E-state index in [1.54, 1.807) is 4.90 Å². The van der Waals surface area contributed by atoms with Crippen LogP contribution in [0.15, 0.2) is 30.3 Å². The summed E-state index contributed by atoms with van der Waals surface area (Å²) in [6, 6.07) is 9.16. The monoisotopic (exact) mass is 222 g/mol. The van der Waals surface area contributed by atoms with E-state index >= 15 is 0 Å². The second-order valence-electron chi connectivity index (χ2n) is 3.81. The lowest BCUT2D eigenvalue weighted by atomic mass is 10.3. The van der Waals surface area contributed by atoms with Gasteiger partial charge in [-0.1, -0.05) is 18.2 Å². The van der Waals surface area contributed by atoms with Gasteiger partial charge in [0, 0.05) is 18.3 Å². The SMILES string of the molecule is CC(C)N(CCO)C(=O)Nc1ccccc1. The highest BCUT2D eigenvalue weighted by molar-refractivity contribution is 5.89. The zero-order valence-electron chi connectivity index (χ0n) is 9.68. The summed E-state index contributed by atoms with van der Waals surface area (Å²) in [7, 11) is 0. The Hall–Kier alpha value is -1.55. The zero-order chi connectivity index (χ0) is 12.0. The Morgan fingerprint density at radius 1 is 1.38 bits per heavy atom. The third kappa shape index (κ3) is 3.55. The Bertz CT molecular complexity index is 325. The molecule has 16 heavy (non-hydrogen) atoms. The van der Waals surface area contributed by atoms with Crippen LogP contribution in [-0.4, -0.2) is 35.2 Å². The molecule has 0 bridgehead atoms. The second-order valence-corrected chi connectivity index (χ2v) is 3.81. The van der Waals surface area contributed by atoms with Crippen LogP contribution in [0.25, 0.3) is 0 Å². The van der Waals surface area contributed by atoms with Gasteiger partial charge in [0.2, 0.25) is 0 Å². The van der Waals surface area contributed by atoms with Gasteiger partial charge in [-0.3, -0.25) is 0 Å². The molecular formula is C12H18N2O2. The molecule has 2 amide bonds. The fourth-order valence-electron chi connectivity index (χ4n) is 1.42. The molecular weight excluding hydrogens is 204 g/mol. The summed E-state index contributed by atoms with van der Waals surface area (Å²) in [5.74, 6) is 0. The van der Waals surface area contributed by atoms with E-state index < -0.39 is 0 Å². The minimum Gasteiger partial charge on any atom is -0.395 e. The van der Waals surface area contributed by atoms with Crippen molar-refractivity contribution in [2.24, 2.45) is 0 Å². The first-order valence-corrected chi connectivity index (χ1v) is 5.38. The number of hydrogen-bond acceptors (Lipinski definition) is 2. The molecule has 4 nitrogen and oxygen atoms in total. The molecule has 0 aliphatic rings. The number of urea groups is 1. The van der Waals surface area contributed by atoms with Gasteiger partial charge < -0.3 is 15.3 Å². The Morgan fingerprint density at radius 2 is 2.00 bits per heavy atom. The first kappa shape index (κ1) is 12.5. The fraction of sp³-hybridized carbons (Fsp3) is 0.417. The van der Waals surface area contributed by atoms with Crippen LogP contribution in [0, 0.1) is 0 Å². The number of hydrogen-bond donors (Lipinski definition) is 2. The average Bonchev–Trinajstić information content (AvgIpc) is 2.26. The Morgan fingerprint density at radius 3 is 2.50 bits per heavy atom. The van der Waals surface area contributed by atoms with Gasteiger partial charge in [0.1, 0.15) is 0 Å². The van der Waals surface area contributed by atoms with Gasteiger partial charge in [0.15, 0.2) is 0 Å². The minimum atomic E-state index is -0.185. The molecule has 1 aromatic carbocycles. The van der Waals surface area contributed by atoms with Crippen molar-refractivity contribution in [3.63, 3.8) is 0 Å². The molecule has 0 fully saturated rings. The maximum absolute atomic E-state index is 11.8. The molecule has 0 spiro atoms. The van der Waals surface area contributed by atoms with Crippen molar-refractivity contribution in [2.45, 2.75) is 19.9 Å². The number of nitrogens with one attached hydrogen (secondary N) is 1. The number of aliphatic hydroxyl groups is 1. The van der Waals surface area contributed by atoms with Crippen molar-refractivity contribution < 1.29 is 9.90 Å². The maximum Gasteiger partial charge on any atom is 0.322 e. The van der Waals surface area contributed by atoms with Crippen molar-refractivity contribution in [1.29, 1.82) is 0 Å². The number of para-hydroxylation sites is 1. The highest BCUT2D eigenvalue weighted by Gasteiger charge is 2.15. The van der Waals surface area contributed by atoms with Gasteiger partial charge in [-0.2, -0.15) is 0 Å². The number of anilines is 1. The molecule has 1 rings (SSSR count). The smallest absolute Gasteiger partial charge is 0.322 e. The Balaban J connectivity index is 2.62. The predicted octanol–water partition coefficient (Wildman–Crippen LogP) is 1.92. The maximum atomic E-state index is 11.8. The van der Waals surface area contributed by atoms with E-state index in [1.165, 1.54) is 0 Å². The Labute approximate surface area is 95.9 Å². The van der Waals surface area contributed by atoms with E-state index in [4.69, 9.17) is 5.11 Å². The molecule has 0 aliphatic heterocycles. The summed E-state index contributed by atoms with van der Waals surface area (Å²) < 4.78 is 0. The quantitative estimate of drug-likeness (QED) is 0.817. The molecule has 0 radical (unpaired) electrons. The number of carbonyl (C=O) groups excluding carboxylic acids is 1. The molecule has 0 heterocycles. The van der Waals surface area contributed by atoms with Crippen molar-refractivity contribution in [1.82, 2.24) is 4.90 Å². The Kier molecular flexibility index (Phi) is 4.79. The van der Waals surface area contributed by atoms with Crippen LogP contribution in [0.4, 0.5) is 10.5 Å². The lowest BCUT2D eigenvalue weighted by Gasteiger charge is -2.26. The molecule has 0 aliphatic carbocycles. The number of amides is 2. The van der Waals surface area contributed by atoms with E-state index in [-0.39, 0.29) is 18.7 Å². The van der Waals surface area contributed by atoms with E-state index in [0.717, 1.165) is 5.69 Å². The molecule has 0 saturated carbocycles. The first-order chi connectivity index (χ1) is 7.65. The van der Waals surface area contributed by atoms with Crippen molar-refractivity contribution >= 4 is 11.7 Å². The van der Waals surface area contributed by atoms with E-state index in [2.05, 4.69) is 5.32 Å². The summed E-state index contributed by atoms with van der Waals surface area (Å²) in [5.41, 5.74) is 0.760. The number of benzene rings is 1. The molecule has 0 aromatic heterocycles. The van der Waals surface area contributed by atoms with Gasteiger partial charge in [-0.15, -0.1) is 0 Å². The third-order valence-corrected chi connectivity index (χ3v) is 2.25. The van der Waals surface area contributed by atoms with Crippen molar-refractivity contribution in [2.75, 3.05) is 18.5 Å². The minimum absolute atomic E-state index is 0.0274. The zero-order valence-corrected chi connectivity index (χ0v) is 9.68. The molecule has 1 aromatic rings. The molecule has 0 unspecified atom stereocenters. The topological polar surface area (TPSA) is 52.6 Å². The van der Waals surface area contributed by atoms with Crippen LogP contribution < -0.4 is 5.32 Å². The molecule has 2 N–H and O–H groups in total. The van der Waals surface area contributed by atoms with Gasteiger partial charge in [-0.25, -0.2) is 4.79 Å². The van der Waals surface area contributed by atoms with Crippen LogP contribution in [0.2, 0.25) is 0 Å². The largest absolute Gasteiger partial charge is 0.395 e. The molecule has 0 atom stereocenters. The average molecular weight is 222 g/mol. The van der Waals surface area contributed by atoms with Crippen molar-refractivity contribution in [3.8, 4) is 0 Å². The highest BCUT2D eigenvalue weighted by atomic mass is 16.3. The van der Waals surface area contributed by atoms with Gasteiger partial charge in [0.25, 0.3) is 0 Å².